The number of nitrogens with zero attached hydrogens (tertiary/aromatic N) is 2. The Kier molecular flexibility index (Phi) is 3.91. The van der Waals surface area contributed by atoms with Gasteiger partial charge in [-0.15, -0.1) is 11.6 Å². The van der Waals surface area contributed by atoms with Crippen molar-refractivity contribution in [2.75, 3.05) is 25.6 Å². The lowest BCUT2D eigenvalue weighted by molar-refractivity contribution is -0.0109. The van der Waals surface area contributed by atoms with Gasteiger partial charge in [0, 0.05) is 19.3 Å². The number of aromatic nitrogens is 1. The number of halogens is 2. The van der Waals surface area contributed by atoms with E-state index in [9.17, 15) is 9.18 Å². The molecule has 0 spiro atoms. The van der Waals surface area contributed by atoms with Gasteiger partial charge in [0.15, 0.2) is 5.82 Å². The van der Waals surface area contributed by atoms with Crippen molar-refractivity contribution in [1.29, 1.82) is 0 Å². The molecule has 1 fully saturated rings. The summed E-state index contributed by atoms with van der Waals surface area (Å²) in [6.07, 6.45) is 2.25. The molecule has 0 aromatic carbocycles. The average molecular weight is 259 g/mol. The van der Waals surface area contributed by atoms with Crippen molar-refractivity contribution in [2.45, 2.75) is 6.10 Å². The molecule has 2 rings (SSSR count). The fraction of sp³-hybridized carbons (Fsp3) is 0.455. The Bertz CT molecular complexity index is 416. The molecule has 4 nitrogen and oxygen atoms in total. The minimum atomic E-state index is -0.605. The molecule has 6 heteroatoms. The third-order valence-electron chi connectivity index (χ3n) is 2.60. The van der Waals surface area contributed by atoms with Crippen LogP contribution in [-0.4, -0.2) is 47.5 Å². The third kappa shape index (κ3) is 2.73. The van der Waals surface area contributed by atoms with Gasteiger partial charge in [-0.25, -0.2) is 4.39 Å². The maximum absolute atomic E-state index is 13.4. The van der Waals surface area contributed by atoms with Gasteiger partial charge >= 0.3 is 0 Å². The van der Waals surface area contributed by atoms with Crippen LogP contribution in [0.5, 0.6) is 0 Å². The Balaban J connectivity index is 2.12. The zero-order valence-electron chi connectivity index (χ0n) is 9.10. The van der Waals surface area contributed by atoms with Crippen LogP contribution in [0, 0.1) is 5.82 Å². The Labute approximate surface area is 103 Å². The van der Waals surface area contributed by atoms with Crippen molar-refractivity contribution in [3.63, 3.8) is 0 Å². The van der Waals surface area contributed by atoms with Gasteiger partial charge in [-0.05, 0) is 6.07 Å². The smallest absolute Gasteiger partial charge is 0.257 e. The molecule has 1 aliphatic heterocycles. The van der Waals surface area contributed by atoms with E-state index < -0.39 is 5.82 Å². The van der Waals surface area contributed by atoms with E-state index in [1.54, 1.807) is 4.90 Å². The van der Waals surface area contributed by atoms with E-state index in [4.69, 9.17) is 16.3 Å². The SMILES string of the molecule is O=C(c1ccncc1F)N1CCOC(CCl)C1. The van der Waals surface area contributed by atoms with Crippen LogP contribution in [0.4, 0.5) is 4.39 Å². The molecule has 1 unspecified atom stereocenters. The van der Waals surface area contributed by atoms with Gasteiger partial charge in [-0.2, -0.15) is 0 Å². The lowest BCUT2D eigenvalue weighted by Gasteiger charge is -2.32. The van der Waals surface area contributed by atoms with Crippen molar-refractivity contribution >= 4 is 17.5 Å². The highest BCUT2D eigenvalue weighted by atomic mass is 35.5. The van der Waals surface area contributed by atoms with Crippen LogP contribution in [0.25, 0.3) is 0 Å². The molecule has 2 heterocycles. The lowest BCUT2D eigenvalue weighted by Crippen LogP contribution is -2.46. The molecule has 1 amide bonds. The minimum absolute atomic E-state index is 0.0372. The lowest BCUT2D eigenvalue weighted by atomic mass is 10.2. The molecule has 1 atom stereocenters. The first kappa shape index (κ1) is 12.3. The van der Waals surface area contributed by atoms with E-state index in [1.165, 1.54) is 12.3 Å². The molecule has 0 radical (unpaired) electrons. The number of carbonyl (C=O) groups is 1. The van der Waals surface area contributed by atoms with Crippen LogP contribution < -0.4 is 0 Å². The summed E-state index contributed by atoms with van der Waals surface area (Å²) in [6.45, 7) is 1.27. The summed E-state index contributed by atoms with van der Waals surface area (Å²) in [6, 6.07) is 1.38. The Hall–Kier alpha value is -1.20. The molecule has 92 valence electrons. The second-order valence-electron chi connectivity index (χ2n) is 3.75. The van der Waals surface area contributed by atoms with Gasteiger partial charge in [-0.3, -0.25) is 9.78 Å². The van der Waals surface area contributed by atoms with E-state index in [-0.39, 0.29) is 17.6 Å². The molecule has 0 N–H and O–H groups in total. The van der Waals surface area contributed by atoms with E-state index in [2.05, 4.69) is 4.98 Å². The minimum Gasteiger partial charge on any atom is -0.373 e. The van der Waals surface area contributed by atoms with Crippen molar-refractivity contribution in [1.82, 2.24) is 9.88 Å². The van der Waals surface area contributed by atoms with Crippen molar-refractivity contribution in [3.05, 3.63) is 29.8 Å². The number of amides is 1. The van der Waals surface area contributed by atoms with E-state index in [1.807, 2.05) is 0 Å². The molecule has 0 saturated carbocycles. The highest BCUT2D eigenvalue weighted by Crippen LogP contribution is 2.13. The van der Waals surface area contributed by atoms with Gasteiger partial charge in [0.1, 0.15) is 0 Å². The summed E-state index contributed by atoms with van der Waals surface area (Å²) in [5.74, 6) is -0.627. The van der Waals surface area contributed by atoms with E-state index in [0.717, 1.165) is 6.20 Å². The largest absolute Gasteiger partial charge is 0.373 e. The number of ether oxygens (including phenoxy) is 1. The number of carbonyl (C=O) groups excluding carboxylic acids is 1. The zero-order chi connectivity index (χ0) is 12.3. The predicted molar refractivity (Wildman–Crippen MR) is 60.6 cm³/mol. The average Bonchev–Trinajstić information content (AvgIpc) is 2.38. The Morgan fingerprint density at radius 3 is 3.24 bits per heavy atom. The number of rotatable bonds is 2. The fourth-order valence-electron chi connectivity index (χ4n) is 1.72. The number of hydrogen-bond acceptors (Lipinski definition) is 3. The third-order valence-corrected chi connectivity index (χ3v) is 2.95. The maximum atomic E-state index is 13.4. The summed E-state index contributed by atoms with van der Waals surface area (Å²) in [4.78, 5) is 17.2. The molecule has 1 saturated heterocycles. The highest BCUT2D eigenvalue weighted by molar-refractivity contribution is 6.18. The number of pyridine rings is 1. The molecule has 0 bridgehead atoms. The molecule has 1 aromatic heterocycles. The normalized spacial score (nSPS) is 20.4. The first-order chi connectivity index (χ1) is 8.22. The topological polar surface area (TPSA) is 42.4 Å². The van der Waals surface area contributed by atoms with Gasteiger partial charge < -0.3 is 9.64 Å². The molecular weight excluding hydrogens is 247 g/mol. The molecule has 0 aliphatic carbocycles. The second-order valence-corrected chi connectivity index (χ2v) is 4.06. The number of alkyl halides is 1. The monoisotopic (exact) mass is 258 g/mol. The summed E-state index contributed by atoms with van der Waals surface area (Å²) in [5.41, 5.74) is 0.0372. The number of morpholine rings is 1. The first-order valence-corrected chi connectivity index (χ1v) is 5.82. The summed E-state index contributed by atoms with van der Waals surface area (Å²) in [7, 11) is 0. The fourth-order valence-corrected chi connectivity index (χ4v) is 1.90. The summed E-state index contributed by atoms with van der Waals surface area (Å²) in [5, 5.41) is 0. The predicted octanol–water partition coefficient (Wildman–Crippen LogP) is 1.30. The van der Waals surface area contributed by atoms with Gasteiger partial charge in [0.25, 0.3) is 5.91 Å². The van der Waals surface area contributed by atoms with Crippen LogP contribution in [0.1, 0.15) is 10.4 Å². The Morgan fingerprint density at radius 1 is 1.71 bits per heavy atom. The Morgan fingerprint density at radius 2 is 2.53 bits per heavy atom. The van der Waals surface area contributed by atoms with Crippen LogP contribution in [0.3, 0.4) is 0 Å². The van der Waals surface area contributed by atoms with Crippen molar-refractivity contribution < 1.29 is 13.9 Å². The molecule has 1 aromatic rings. The van der Waals surface area contributed by atoms with E-state index in [0.29, 0.717) is 25.6 Å². The second kappa shape index (κ2) is 5.42. The molecular formula is C11H12ClFN2O2. The van der Waals surface area contributed by atoms with Gasteiger partial charge in [0.05, 0.1) is 30.4 Å². The first-order valence-electron chi connectivity index (χ1n) is 5.28. The van der Waals surface area contributed by atoms with Crippen molar-refractivity contribution in [3.8, 4) is 0 Å². The molecule has 1 aliphatic rings. The summed E-state index contributed by atoms with van der Waals surface area (Å²) >= 11 is 5.68. The molecule has 17 heavy (non-hydrogen) atoms. The maximum Gasteiger partial charge on any atom is 0.257 e. The van der Waals surface area contributed by atoms with Crippen LogP contribution >= 0.6 is 11.6 Å². The van der Waals surface area contributed by atoms with Gasteiger partial charge in [-0.1, -0.05) is 0 Å². The standard InChI is InChI=1S/C11H12ClFN2O2/c12-5-8-7-15(3-4-17-8)11(16)9-1-2-14-6-10(9)13/h1-2,6,8H,3-5,7H2. The van der Waals surface area contributed by atoms with Crippen LogP contribution in [-0.2, 0) is 4.74 Å². The van der Waals surface area contributed by atoms with Crippen LogP contribution in [0.2, 0.25) is 0 Å². The van der Waals surface area contributed by atoms with Crippen LogP contribution in [0.15, 0.2) is 18.5 Å². The number of hydrogen-bond donors (Lipinski definition) is 0. The highest BCUT2D eigenvalue weighted by Gasteiger charge is 2.25. The summed E-state index contributed by atoms with van der Waals surface area (Å²) < 4.78 is 18.7. The van der Waals surface area contributed by atoms with E-state index >= 15 is 0 Å². The quantitative estimate of drug-likeness (QED) is 0.751. The van der Waals surface area contributed by atoms with Gasteiger partial charge in [0.2, 0.25) is 0 Å². The zero-order valence-corrected chi connectivity index (χ0v) is 9.86. The van der Waals surface area contributed by atoms with Crippen molar-refractivity contribution in [2.24, 2.45) is 0 Å².